The van der Waals surface area contributed by atoms with Crippen molar-refractivity contribution in [3.63, 3.8) is 0 Å². The van der Waals surface area contributed by atoms with Gasteiger partial charge in [0, 0.05) is 12.1 Å². The number of alkyl halides is 3. The van der Waals surface area contributed by atoms with Crippen molar-refractivity contribution < 1.29 is 31.8 Å². The second-order valence-electron chi connectivity index (χ2n) is 9.18. The van der Waals surface area contributed by atoms with Crippen molar-refractivity contribution in [3.8, 4) is 11.5 Å². The number of nitrogens with zero attached hydrogens (tertiary/aromatic N) is 3. The summed E-state index contributed by atoms with van der Waals surface area (Å²) in [6.45, 7) is 1.89. The molecule has 0 spiro atoms. The average molecular weight is 554 g/mol. The molecule has 11 heteroatoms. The first-order valence-corrected chi connectivity index (χ1v) is 12.3. The molecule has 0 radical (unpaired) electrons. The van der Waals surface area contributed by atoms with Crippen LogP contribution in [0, 0.1) is 12.7 Å². The van der Waals surface area contributed by atoms with Crippen molar-refractivity contribution in [2.45, 2.75) is 32.3 Å². The zero-order chi connectivity index (χ0) is 28.4. The molecule has 1 unspecified atom stereocenters. The summed E-state index contributed by atoms with van der Waals surface area (Å²) in [7, 11) is 0. The molecule has 0 N–H and O–H groups in total. The summed E-state index contributed by atoms with van der Waals surface area (Å²) < 4.78 is 61.5. The van der Waals surface area contributed by atoms with Gasteiger partial charge in [-0.15, -0.1) is 13.2 Å². The van der Waals surface area contributed by atoms with E-state index in [4.69, 9.17) is 4.74 Å². The van der Waals surface area contributed by atoms with Gasteiger partial charge in [-0.25, -0.2) is 14.2 Å². The van der Waals surface area contributed by atoms with Gasteiger partial charge in [-0.2, -0.15) is 0 Å². The SMILES string of the molecule is Cc1nc2c(c(=O)n1C(c1ccccc1)c1ccc(F)cc1)CCN(C(=O)Oc1ccc(OC(F)(F)F)cc1)C2. The van der Waals surface area contributed by atoms with Crippen LogP contribution in [0.2, 0.25) is 0 Å². The molecule has 4 aromatic rings. The van der Waals surface area contributed by atoms with E-state index in [1.54, 1.807) is 23.6 Å². The fraction of sp³-hybridized carbons (Fsp3) is 0.207. The number of benzene rings is 3. The van der Waals surface area contributed by atoms with E-state index in [9.17, 15) is 27.2 Å². The highest BCUT2D eigenvalue weighted by Gasteiger charge is 2.32. The number of fused-ring (bicyclic) bond motifs is 1. The number of halogens is 4. The smallest absolute Gasteiger partial charge is 0.410 e. The van der Waals surface area contributed by atoms with Gasteiger partial charge in [0.15, 0.2) is 0 Å². The van der Waals surface area contributed by atoms with E-state index >= 15 is 0 Å². The molecule has 1 aromatic heterocycles. The average Bonchev–Trinajstić information content (AvgIpc) is 2.92. The summed E-state index contributed by atoms with van der Waals surface area (Å²) in [4.78, 5) is 32.6. The van der Waals surface area contributed by atoms with Gasteiger partial charge in [0.25, 0.3) is 5.56 Å². The Labute approximate surface area is 226 Å². The molecule has 40 heavy (non-hydrogen) atoms. The molecule has 2 heterocycles. The zero-order valence-corrected chi connectivity index (χ0v) is 21.2. The summed E-state index contributed by atoms with van der Waals surface area (Å²) in [5.41, 5.74) is 2.18. The van der Waals surface area contributed by atoms with E-state index in [0.29, 0.717) is 22.6 Å². The number of carbonyl (C=O) groups excluding carboxylic acids is 1. The third-order valence-electron chi connectivity index (χ3n) is 6.52. The van der Waals surface area contributed by atoms with Gasteiger partial charge in [-0.3, -0.25) is 9.36 Å². The second-order valence-corrected chi connectivity index (χ2v) is 9.18. The van der Waals surface area contributed by atoms with Crippen LogP contribution in [-0.4, -0.2) is 33.5 Å². The minimum atomic E-state index is -4.83. The van der Waals surface area contributed by atoms with Crippen LogP contribution in [0.15, 0.2) is 83.7 Å². The monoisotopic (exact) mass is 553 g/mol. The summed E-state index contributed by atoms with van der Waals surface area (Å²) >= 11 is 0. The number of hydrogen-bond acceptors (Lipinski definition) is 5. The Hall–Kier alpha value is -4.67. The summed E-state index contributed by atoms with van der Waals surface area (Å²) in [5.74, 6) is -0.377. The summed E-state index contributed by atoms with van der Waals surface area (Å²) in [6.07, 6.45) is -5.34. The molecule has 1 atom stereocenters. The molecule has 1 aliphatic rings. The van der Waals surface area contributed by atoms with Gasteiger partial charge in [0.05, 0.1) is 18.3 Å². The van der Waals surface area contributed by atoms with E-state index in [1.165, 1.54) is 29.2 Å². The Morgan fingerprint density at radius 2 is 1.55 bits per heavy atom. The number of hydrogen-bond donors (Lipinski definition) is 0. The Bertz CT molecular complexity index is 1570. The zero-order valence-electron chi connectivity index (χ0n) is 21.2. The molecule has 0 saturated carbocycles. The van der Waals surface area contributed by atoms with Crippen molar-refractivity contribution >= 4 is 6.09 Å². The van der Waals surface area contributed by atoms with Gasteiger partial charge in [-0.1, -0.05) is 42.5 Å². The maximum Gasteiger partial charge on any atom is 0.573 e. The van der Waals surface area contributed by atoms with Crippen LogP contribution in [0.3, 0.4) is 0 Å². The van der Waals surface area contributed by atoms with Crippen LogP contribution in [0.25, 0.3) is 0 Å². The van der Waals surface area contributed by atoms with E-state index in [2.05, 4.69) is 9.72 Å². The maximum absolute atomic E-state index is 13.8. The molecule has 5 rings (SSSR count). The lowest BCUT2D eigenvalue weighted by molar-refractivity contribution is -0.274. The Morgan fingerprint density at radius 3 is 2.20 bits per heavy atom. The second kappa shape index (κ2) is 10.8. The summed E-state index contributed by atoms with van der Waals surface area (Å²) in [5, 5.41) is 0. The van der Waals surface area contributed by atoms with Crippen molar-refractivity contribution in [1.29, 1.82) is 0 Å². The van der Waals surface area contributed by atoms with Crippen LogP contribution >= 0.6 is 0 Å². The third-order valence-corrected chi connectivity index (χ3v) is 6.52. The first-order chi connectivity index (χ1) is 19.1. The van der Waals surface area contributed by atoms with Gasteiger partial charge in [0.2, 0.25) is 0 Å². The highest BCUT2D eigenvalue weighted by molar-refractivity contribution is 5.71. The molecule has 7 nitrogen and oxygen atoms in total. The lowest BCUT2D eigenvalue weighted by atomic mass is 9.97. The number of aryl methyl sites for hydroxylation is 1. The van der Waals surface area contributed by atoms with E-state index in [0.717, 1.165) is 17.7 Å². The number of carbonyl (C=O) groups is 1. The highest BCUT2D eigenvalue weighted by Crippen LogP contribution is 2.29. The Kier molecular flexibility index (Phi) is 7.29. The van der Waals surface area contributed by atoms with E-state index in [1.807, 2.05) is 30.3 Å². The van der Waals surface area contributed by atoms with Crippen molar-refractivity contribution in [3.05, 3.63) is 123 Å². The molecule has 206 valence electrons. The molecular weight excluding hydrogens is 530 g/mol. The molecular formula is C29H23F4N3O4. The highest BCUT2D eigenvalue weighted by atomic mass is 19.4. The quantitative estimate of drug-likeness (QED) is 0.293. The molecule has 0 fully saturated rings. The maximum atomic E-state index is 13.8. The predicted octanol–water partition coefficient (Wildman–Crippen LogP) is 5.78. The van der Waals surface area contributed by atoms with Gasteiger partial charge < -0.3 is 14.4 Å². The van der Waals surface area contributed by atoms with E-state index in [-0.39, 0.29) is 36.6 Å². The lowest BCUT2D eigenvalue weighted by Crippen LogP contribution is -2.43. The Morgan fingerprint density at radius 1 is 0.925 bits per heavy atom. The molecule has 1 amide bonds. The molecule has 0 bridgehead atoms. The van der Waals surface area contributed by atoms with Crippen LogP contribution < -0.4 is 15.0 Å². The molecule has 0 aliphatic carbocycles. The normalized spacial score (nSPS) is 13.9. The first-order valence-electron chi connectivity index (χ1n) is 12.3. The number of amides is 1. The fourth-order valence-corrected chi connectivity index (χ4v) is 4.73. The number of rotatable bonds is 5. The summed E-state index contributed by atoms with van der Waals surface area (Å²) in [6, 6.07) is 19.2. The van der Waals surface area contributed by atoms with E-state index < -0.39 is 24.2 Å². The number of aromatic nitrogens is 2. The minimum Gasteiger partial charge on any atom is -0.410 e. The van der Waals surface area contributed by atoms with Crippen molar-refractivity contribution in [2.75, 3.05) is 6.54 Å². The van der Waals surface area contributed by atoms with Crippen LogP contribution in [0.4, 0.5) is 22.4 Å². The van der Waals surface area contributed by atoms with Crippen molar-refractivity contribution in [1.82, 2.24) is 14.5 Å². The molecule has 3 aromatic carbocycles. The largest absolute Gasteiger partial charge is 0.573 e. The first kappa shape index (κ1) is 26.9. The molecule has 0 saturated heterocycles. The lowest BCUT2D eigenvalue weighted by Gasteiger charge is -2.30. The predicted molar refractivity (Wildman–Crippen MR) is 137 cm³/mol. The number of ether oxygens (including phenoxy) is 2. The van der Waals surface area contributed by atoms with Crippen LogP contribution in [0.5, 0.6) is 11.5 Å². The van der Waals surface area contributed by atoms with Gasteiger partial charge in [0.1, 0.15) is 23.1 Å². The van der Waals surface area contributed by atoms with Gasteiger partial charge >= 0.3 is 12.5 Å². The van der Waals surface area contributed by atoms with Gasteiger partial charge in [-0.05, 0) is 60.9 Å². The molecule has 1 aliphatic heterocycles. The standard InChI is InChI=1S/C29H23F4N3O4/c1-18-34-25-17-35(28(38)39-22-11-13-23(14-12-22)40-29(31,32)33)16-15-24(25)27(37)36(18)26(19-5-3-2-4-6-19)20-7-9-21(30)10-8-20/h2-14,26H,15-17H2,1H3. The van der Waals surface area contributed by atoms with Crippen LogP contribution in [-0.2, 0) is 13.0 Å². The Balaban J connectivity index is 1.39. The van der Waals surface area contributed by atoms with Crippen LogP contribution in [0.1, 0.15) is 34.3 Å². The third kappa shape index (κ3) is 5.83. The topological polar surface area (TPSA) is 73.7 Å². The van der Waals surface area contributed by atoms with Crippen molar-refractivity contribution in [2.24, 2.45) is 0 Å². The fourth-order valence-electron chi connectivity index (χ4n) is 4.73. The minimum absolute atomic E-state index is 0.0207.